The number of aliphatic hydroxyl groups is 1. The molecule has 1 unspecified atom stereocenters. The number of nitrogens with two attached hydrogens (primary N) is 1. The van der Waals surface area contributed by atoms with Crippen molar-refractivity contribution < 1.29 is 38.6 Å². The predicted octanol–water partition coefficient (Wildman–Crippen LogP) is 1.32. The van der Waals surface area contributed by atoms with Crippen LogP contribution in [-0.4, -0.2) is 77.7 Å². The third-order valence-electron chi connectivity index (χ3n) is 6.01. The highest BCUT2D eigenvalue weighted by Gasteiger charge is 2.26. The summed E-state index contributed by atoms with van der Waals surface area (Å²) in [5.74, 6) is -2.05. The number of carbonyl (C=O) groups is 6. The smallest absolute Gasteiger partial charge is 0.253 e. The third kappa shape index (κ3) is 11.1. The van der Waals surface area contributed by atoms with Gasteiger partial charge in [-0.2, -0.15) is 0 Å². The topological polar surface area (TPSA) is 185 Å². The molecule has 2 rings (SSSR count). The summed E-state index contributed by atoms with van der Waals surface area (Å²) in [7, 11) is 0. The fourth-order valence-electron chi connectivity index (χ4n) is 3.98. The number of hydrogen-bond acceptors (Lipinski definition) is 8. The van der Waals surface area contributed by atoms with Crippen LogP contribution >= 0.6 is 0 Å². The minimum atomic E-state index is -1.40. The van der Waals surface area contributed by atoms with Crippen molar-refractivity contribution in [1.82, 2.24) is 10.2 Å². The fourth-order valence-corrected chi connectivity index (χ4v) is 3.98. The highest BCUT2D eigenvalue weighted by Crippen LogP contribution is 2.19. The van der Waals surface area contributed by atoms with Gasteiger partial charge in [-0.25, -0.2) is 0 Å². The van der Waals surface area contributed by atoms with Gasteiger partial charge in [-0.15, -0.1) is 0 Å². The number of unbranched alkanes of at least 4 members (excludes halogenated alkanes) is 2. The number of aldehydes is 1. The van der Waals surface area contributed by atoms with Crippen LogP contribution in [0.4, 0.5) is 5.69 Å². The summed E-state index contributed by atoms with van der Waals surface area (Å²) in [5.41, 5.74) is 3.91. The van der Waals surface area contributed by atoms with Crippen molar-refractivity contribution in [2.45, 2.75) is 58.5 Å². The van der Waals surface area contributed by atoms with Crippen molar-refractivity contribution in [3.63, 3.8) is 0 Å². The first-order valence-corrected chi connectivity index (χ1v) is 13.0. The molecule has 1 heterocycles. The van der Waals surface area contributed by atoms with E-state index in [-0.39, 0.29) is 61.4 Å². The predicted molar refractivity (Wildman–Crippen MR) is 146 cm³/mol. The molecule has 1 aromatic carbocycles. The van der Waals surface area contributed by atoms with E-state index in [0.717, 1.165) is 4.90 Å². The molecule has 0 radical (unpaired) electrons. The Morgan fingerprint density at radius 2 is 1.70 bits per heavy atom. The molecular formula is C28H38N4O8. The number of nitrogens with zero attached hydrogens (tertiary/aromatic N) is 1. The first kappa shape index (κ1) is 32.3. The molecule has 0 saturated heterocycles. The molecule has 5 N–H and O–H groups in total. The molecule has 1 aromatic rings. The van der Waals surface area contributed by atoms with Gasteiger partial charge in [-0.3, -0.25) is 33.7 Å². The molecule has 0 bridgehead atoms. The quantitative estimate of drug-likeness (QED) is 0.125. The van der Waals surface area contributed by atoms with Crippen LogP contribution in [-0.2, 0) is 23.9 Å². The van der Waals surface area contributed by atoms with E-state index in [4.69, 9.17) is 10.5 Å². The number of benzene rings is 1. The molecule has 0 fully saturated rings. The van der Waals surface area contributed by atoms with Crippen LogP contribution in [0.2, 0.25) is 0 Å². The zero-order chi connectivity index (χ0) is 29.9. The summed E-state index contributed by atoms with van der Waals surface area (Å²) in [5, 5.41) is 15.6. The maximum Gasteiger partial charge on any atom is 0.253 e. The lowest BCUT2D eigenvalue weighted by molar-refractivity contribution is -0.137. The second kappa shape index (κ2) is 14.5. The van der Waals surface area contributed by atoms with E-state index < -0.39 is 22.8 Å². The van der Waals surface area contributed by atoms with Gasteiger partial charge in [0.25, 0.3) is 17.7 Å². The third-order valence-corrected chi connectivity index (χ3v) is 6.01. The average Bonchev–Trinajstić information content (AvgIpc) is 3.18. The van der Waals surface area contributed by atoms with Crippen LogP contribution < -0.4 is 16.4 Å². The Morgan fingerprint density at radius 1 is 1.02 bits per heavy atom. The van der Waals surface area contributed by atoms with E-state index in [0.29, 0.717) is 37.8 Å². The van der Waals surface area contributed by atoms with E-state index in [1.165, 1.54) is 37.3 Å². The molecule has 0 aromatic heterocycles. The molecule has 0 saturated carbocycles. The fraction of sp³-hybridized carbons (Fsp3) is 0.500. The maximum atomic E-state index is 12.8. The van der Waals surface area contributed by atoms with Gasteiger partial charge >= 0.3 is 0 Å². The molecule has 12 heteroatoms. The number of ether oxygens (including phenoxy) is 1. The summed E-state index contributed by atoms with van der Waals surface area (Å²) in [4.78, 5) is 72.0. The van der Waals surface area contributed by atoms with Crippen molar-refractivity contribution >= 4 is 41.5 Å². The van der Waals surface area contributed by atoms with Gasteiger partial charge in [0.1, 0.15) is 6.29 Å². The van der Waals surface area contributed by atoms with Gasteiger partial charge in [0.15, 0.2) is 0 Å². The van der Waals surface area contributed by atoms with E-state index in [1.807, 2.05) is 13.8 Å². The Morgan fingerprint density at radius 3 is 2.33 bits per heavy atom. The zero-order valence-corrected chi connectivity index (χ0v) is 23.2. The molecule has 12 nitrogen and oxygen atoms in total. The highest BCUT2D eigenvalue weighted by atomic mass is 16.5. The SMILES string of the molecule is CC(C)(CNC(=O)c1cc(C=O)cc(NC(=O)CCCCCN2C(=O)C=CC2=O)c1)COCC(C)(O)CC(N)=O. The normalized spacial score (nSPS) is 14.7. The van der Waals surface area contributed by atoms with Crippen molar-refractivity contribution in [2.24, 2.45) is 11.1 Å². The van der Waals surface area contributed by atoms with E-state index in [9.17, 15) is 33.9 Å². The molecule has 1 atom stereocenters. The highest BCUT2D eigenvalue weighted by molar-refractivity contribution is 6.12. The van der Waals surface area contributed by atoms with Gasteiger partial charge in [-0.1, -0.05) is 20.3 Å². The zero-order valence-electron chi connectivity index (χ0n) is 23.2. The van der Waals surface area contributed by atoms with E-state index >= 15 is 0 Å². The number of primary amides is 1. The number of rotatable bonds is 17. The number of anilines is 1. The molecule has 40 heavy (non-hydrogen) atoms. The summed E-state index contributed by atoms with van der Waals surface area (Å²) in [6, 6.07) is 4.36. The number of hydrogen-bond donors (Lipinski definition) is 4. The standard InChI is InChI=1S/C28H38N4O8/c1-27(2,17-40-18-28(3,39)14-22(29)34)16-30-26(38)20-11-19(15-33)12-21(13-20)31-23(35)7-5-4-6-10-32-24(36)8-9-25(32)37/h8-9,11-13,15,39H,4-7,10,14,16-18H2,1-3H3,(H2,29,34)(H,30,38)(H,31,35). The minimum Gasteiger partial charge on any atom is -0.387 e. The van der Waals surface area contributed by atoms with Gasteiger partial charge in [-0.05, 0) is 38.0 Å². The van der Waals surface area contributed by atoms with Crippen LogP contribution in [0.1, 0.15) is 73.6 Å². The minimum absolute atomic E-state index is 0.104. The number of carbonyl (C=O) groups excluding carboxylic acids is 6. The Balaban J connectivity index is 1.83. The lowest BCUT2D eigenvalue weighted by Crippen LogP contribution is -2.40. The molecule has 1 aliphatic heterocycles. The van der Waals surface area contributed by atoms with Gasteiger partial charge in [0, 0.05) is 53.9 Å². The average molecular weight is 559 g/mol. The number of nitrogens with one attached hydrogen (secondary N) is 2. The molecule has 0 spiro atoms. The Hall–Kier alpha value is -3.90. The number of amides is 5. The first-order chi connectivity index (χ1) is 18.7. The van der Waals surface area contributed by atoms with E-state index in [2.05, 4.69) is 10.6 Å². The summed E-state index contributed by atoms with van der Waals surface area (Å²) < 4.78 is 5.55. The first-order valence-electron chi connectivity index (χ1n) is 13.0. The van der Waals surface area contributed by atoms with Crippen LogP contribution in [0, 0.1) is 5.41 Å². The van der Waals surface area contributed by atoms with Crippen LogP contribution in [0.15, 0.2) is 30.4 Å². The second-order valence-electron chi connectivity index (χ2n) is 11.0. The van der Waals surface area contributed by atoms with Gasteiger partial charge in [0.05, 0.1) is 25.2 Å². The van der Waals surface area contributed by atoms with Crippen molar-refractivity contribution in [2.75, 3.05) is 31.6 Å². The monoisotopic (exact) mass is 558 g/mol. The number of imide groups is 1. The van der Waals surface area contributed by atoms with Crippen molar-refractivity contribution in [3.8, 4) is 0 Å². The van der Waals surface area contributed by atoms with Crippen LogP contribution in [0.5, 0.6) is 0 Å². The lowest BCUT2D eigenvalue weighted by atomic mass is 9.94. The largest absolute Gasteiger partial charge is 0.387 e. The maximum absolute atomic E-state index is 12.8. The van der Waals surface area contributed by atoms with Gasteiger partial charge < -0.3 is 26.2 Å². The Bertz CT molecular complexity index is 1140. The van der Waals surface area contributed by atoms with Crippen LogP contribution in [0.3, 0.4) is 0 Å². The van der Waals surface area contributed by atoms with Gasteiger partial charge in [0.2, 0.25) is 11.8 Å². The Kier molecular flexibility index (Phi) is 11.7. The second-order valence-corrected chi connectivity index (χ2v) is 11.0. The Labute approximate surface area is 233 Å². The van der Waals surface area contributed by atoms with Crippen LogP contribution in [0.25, 0.3) is 0 Å². The lowest BCUT2D eigenvalue weighted by Gasteiger charge is -2.28. The molecule has 218 valence electrons. The van der Waals surface area contributed by atoms with E-state index in [1.54, 1.807) is 0 Å². The summed E-state index contributed by atoms with van der Waals surface area (Å²) in [6.45, 7) is 5.73. The molecular weight excluding hydrogens is 520 g/mol. The molecule has 5 amide bonds. The van der Waals surface area contributed by atoms with Crippen molar-refractivity contribution in [1.29, 1.82) is 0 Å². The molecule has 1 aliphatic rings. The summed E-state index contributed by atoms with van der Waals surface area (Å²) in [6.07, 6.45) is 4.74. The molecule has 0 aliphatic carbocycles. The summed E-state index contributed by atoms with van der Waals surface area (Å²) >= 11 is 0. The van der Waals surface area contributed by atoms with Crippen molar-refractivity contribution in [3.05, 3.63) is 41.5 Å².